The van der Waals surface area contributed by atoms with Gasteiger partial charge in [0.15, 0.2) is 0 Å². The lowest BCUT2D eigenvalue weighted by molar-refractivity contribution is 0.488. The second-order valence-corrected chi connectivity index (χ2v) is 5.00. The first kappa shape index (κ1) is 13.7. The summed E-state index contributed by atoms with van der Waals surface area (Å²) in [5.74, 6) is 0.550. The van der Waals surface area contributed by atoms with Crippen molar-refractivity contribution in [3.05, 3.63) is 47.3 Å². The minimum absolute atomic E-state index is 0.215. The molecule has 1 heterocycles. The Morgan fingerprint density at radius 3 is 2.79 bits per heavy atom. The highest BCUT2D eigenvalue weighted by Crippen LogP contribution is 2.21. The summed E-state index contributed by atoms with van der Waals surface area (Å²) in [6.07, 6.45) is 1.98. The highest BCUT2D eigenvalue weighted by Gasteiger charge is 2.17. The third kappa shape index (κ3) is 2.81. The van der Waals surface area contributed by atoms with Crippen LogP contribution >= 0.6 is 0 Å². The van der Waals surface area contributed by atoms with Crippen molar-refractivity contribution in [1.82, 2.24) is 14.8 Å². The minimum atomic E-state index is -0.415. The van der Waals surface area contributed by atoms with E-state index in [-0.39, 0.29) is 11.9 Å². The SMILES string of the molecule is Cc1cccc(C(N)Cc2ncnn2C(C)C)c1F. The maximum absolute atomic E-state index is 14.0. The Morgan fingerprint density at radius 1 is 1.37 bits per heavy atom. The van der Waals surface area contributed by atoms with Crippen LogP contribution in [0.2, 0.25) is 0 Å². The fraction of sp³-hybridized carbons (Fsp3) is 0.429. The number of rotatable bonds is 4. The zero-order valence-corrected chi connectivity index (χ0v) is 11.5. The molecule has 2 rings (SSSR count). The maximum atomic E-state index is 14.0. The van der Waals surface area contributed by atoms with Gasteiger partial charge < -0.3 is 5.73 Å². The summed E-state index contributed by atoms with van der Waals surface area (Å²) in [7, 11) is 0. The van der Waals surface area contributed by atoms with E-state index >= 15 is 0 Å². The predicted octanol–water partition coefficient (Wildman–Crippen LogP) is 2.55. The number of nitrogens with zero attached hydrogens (tertiary/aromatic N) is 3. The first-order valence-electron chi connectivity index (χ1n) is 6.39. The van der Waals surface area contributed by atoms with Crippen molar-refractivity contribution < 1.29 is 4.39 Å². The number of halogens is 1. The molecule has 1 aromatic heterocycles. The average molecular weight is 262 g/mol. The summed E-state index contributed by atoms with van der Waals surface area (Å²) in [6, 6.07) is 5.08. The molecule has 102 valence electrons. The van der Waals surface area contributed by atoms with Gasteiger partial charge in [-0.2, -0.15) is 5.10 Å². The summed E-state index contributed by atoms with van der Waals surface area (Å²) in [6.45, 7) is 5.79. The Bertz CT molecular complexity index is 562. The molecular weight excluding hydrogens is 243 g/mol. The van der Waals surface area contributed by atoms with Crippen LogP contribution < -0.4 is 5.73 Å². The number of benzene rings is 1. The molecule has 4 nitrogen and oxygen atoms in total. The van der Waals surface area contributed by atoms with E-state index in [9.17, 15) is 4.39 Å². The van der Waals surface area contributed by atoms with E-state index in [1.807, 2.05) is 24.6 Å². The standard InChI is InChI=1S/C14H19FN4/c1-9(2)19-13(17-8-18-19)7-12(16)11-6-4-5-10(3)14(11)15/h4-6,8-9,12H,7,16H2,1-3H3. The molecule has 2 N–H and O–H groups in total. The van der Waals surface area contributed by atoms with Crippen molar-refractivity contribution in [3.8, 4) is 0 Å². The summed E-state index contributed by atoms with van der Waals surface area (Å²) < 4.78 is 15.8. The lowest BCUT2D eigenvalue weighted by atomic mass is 10.0. The molecule has 0 fully saturated rings. The van der Waals surface area contributed by atoms with Crippen molar-refractivity contribution in [2.75, 3.05) is 0 Å². The summed E-state index contributed by atoms with van der Waals surface area (Å²) in [5.41, 5.74) is 7.24. The Kier molecular flexibility index (Phi) is 3.95. The van der Waals surface area contributed by atoms with Crippen molar-refractivity contribution in [1.29, 1.82) is 0 Å². The van der Waals surface area contributed by atoms with Gasteiger partial charge in [0.05, 0.1) is 0 Å². The fourth-order valence-electron chi connectivity index (χ4n) is 2.11. The van der Waals surface area contributed by atoms with E-state index in [0.29, 0.717) is 17.5 Å². The van der Waals surface area contributed by atoms with E-state index in [2.05, 4.69) is 10.1 Å². The molecule has 0 aliphatic carbocycles. The monoisotopic (exact) mass is 262 g/mol. The first-order valence-corrected chi connectivity index (χ1v) is 6.39. The number of nitrogens with two attached hydrogens (primary N) is 1. The van der Waals surface area contributed by atoms with Crippen molar-refractivity contribution in [3.63, 3.8) is 0 Å². The molecule has 1 aromatic carbocycles. The third-order valence-electron chi connectivity index (χ3n) is 3.16. The van der Waals surface area contributed by atoms with Gasteiger partial charge in [0, 0.05) is 24.1 Å². The topological polar surface area (TPSA) is 56.7 Å². The van der Waals surface area contributed by atoms with Crippen LogP contribution in [-0.4, -0.2) is 14.8 Å². The summed E-state index contributed by atoms with van der Waals surface area (Å²) in [5, 5.41) is 4.16. The molecule has 1 atom stereocenters. The molecule has 1 unspecified atom stereocenters. The Morgan fingerprint density at radius 2 is 2.11 bits per heavy atom. The van der Waals surface area contributed by atoms with Crippen molar-refractivity contribution >= 4 is 0 Å². The van der Waals surface area contributed by atoms with Crippen LogP contribution in [0.25, 0.3) is 0 Å². The van der Waals surface area contributed by atoms with Crippen molar-refractivity contribution in [2.45, 2.75) is 39.3 Å². The van der Waals surface area contributed by atoms with Crippen LogP contribution in [0, 0.1) is 12.7 Å². The van der Waals surface area contributed by atoms with Crippen LogP contribution in [0.15, 0.2) is 24.5 Å². The van der Waals surface area contributed by atoms with Crippen LogP contribution in [0.3, 0.4) is 0 Å². The predicted molar refractivity (Wildman–Crippen MR) is 72.2 cm³/mol. The second kappa shape index (κ2) is 5.48. The van der Waals surface area contributed by atoms with E-state index in [1.54, 1.807) is 19.1 Å². The molecule has 0 aliphatic heterocycles. The van der Waals surface area contributed by atoms with E-state index in [4.69, 9.17) is 5.73 Å². The Labute approximate surface area is 112 Å². The molecule has 0 amide bonds. The van der Waals surface area contributed by atoms with Gasteiger partial charge in [0.1, 0.15) is 18.0 Å². The zero-order chi connectivity index (χ0) is 14.0. The molecule has 0 aliphatic rings. The van der Waals surface area contributed by atoms with Gasteiger partial charge in [-0.05, 0) is 26.3 Å². The first-order chi connectivity index (χ1) is 9.00. The van der Waals surface area contributed by atoms with Gasteiger partial charge in [-0.3, -0.25) is 0 Å². The third-order valence-corrected chi connectivity index (χ3v) is 3.16. The van der Waals surface area contributed by atoms with E-state index in [0.717, 1.165) is 5.82 Å². The van der Waals surface area contributed by atoms with Gasteiger partial charge in [0.25, 0.3) is 0 Å². The molecule has 0 bridgehead atoms. The van der Waals surface area contributed by atoms with Crippen molar-refractivity contribution in [2.24, 2.45) is 5.73 Å². The largest absolute Gasteiger partial charge is 0.323 e. The summed E-state index contributed by atoms with van der Waals surface area (Å²) >= 11 is 0. The minimum Gasteiger partial charge on any atom is -0.323 e. The number of hydrogen-bond donors (Lipinski definition) is 1. The average Bonchev–Trinajstić information content (AvgIpc) is 2.80. The van der Waals surface area contributed by atoms with Gasteiger partial charge in [-0.1, -0.05) is 18.2 Å². The lowest BCUT2D eigenvalue weighted by Gasteiger charge is -2.15. The van der Waals surface area contributed by atoms with Gasteiger partial charge in [-0.15, -0.1) is 0 Å². The quantitative estimate of drug-likeness (QED) is 0.921. The van der Waals surface area contributed by atoms with Crippen LogP contribution in [0.5, 0.6) is 0 Å². The van der Waals surface area contributed by atoms with Crippen LogP contribution in [0.1, 0.15) is 42.9 Å². The smallest absolute Gasteiger partial charge is 0.138 e. The molecule has 0 saturated carbocycles. The molecule has 0 saturated heterocycles. The maximum Gasteiger partial charge on any atom is 0.138 e. The van der Waals surface area contributed by atoms with Crippen LogP contribution in [-0.2, 0) is 6.42 Å². The summed E-state index contributed by atoms with van der Waals surface area (Å²) in [4.78, 5) is 4.20. The highest BCUT2D eigenvalue weighted by molar-refractivity contribution is 5.27. The number of hydrogen-bond acceptors (Lipinski definition) is 3. The van der Waals surface area contributed by atoms with E-state index in [1.165, 1.54) is 6.33 Å². The molecule has 5 heteroatoms. The zero-order valence-electron chi connectivity index (χ0n) is 11.5. The number of aryl methyl sites for hydroxylation is 1. The van der Waals surface area contributed by atoms with Gasteiger partial charge in [-0.25, -0.2) is 14.1 Å². The molecule has 0 radical (unpaired) electrons. The van der Waals surface area contributed by atoms with Crippen LogP contribution in [0.4, 0.5) is 4.39 Å². The molecular formula is C14H19FN4. The molecule has 19 heavy (non-hydrogen) atoms. The fourth-order valence-corrected chi connectivity index (χ4v) is 2.11. The molecule has 0 spiro atoms. The lowest BCUT2D eigenvalue weighted by Crippen LogP contribution is -2.19. The molecule has 2 aromatic rings. The van der Waals surface area contributed by atoms with Gasteiger partial charge >= 0.3 is 0 Å². The van der Waals surface area contributed by atoms with Gasteiger partial charge in [0.2, 0.25) is 0 Å². The Balaban J connectivity index is 2.23. The highest BCUT2D eigenvalue weighted by atomic mass is 19.1. The number of aromatic nitrogens is 3. The second-order valence-electron chi connectivity index (χ2n) is 5.00. The van der Waals surface area contributed by atoms with E-state index < -0.39 is 6.04 Å². The Hall–Kier alpha value is -1.75. The normalized spacial score (nSPS) is 12.9.